The Kier molecular flexibility index (Phi) is 4.07. The van der Waals surface area contributed by atoms with Gasteiger partial charge in [0.2, 0.25) is 0 Å². The summed E-state index contributed by atoms with van der Waals surface area (Å²) in [6, 6.07) is 15.9. The summed E-state index contributed by atoms with van der Waals surface area (Å²) < 4.78 is 13.6. The Bertz CT molecular complexity index is 594. The summed E-state index contributed by atoms with van der Waals surface area (Å²) in [6.07, 6.45) is 2.27. The van der Waals surface area contributed by atoms with Gasteiger partial charge in [0, 0.05) is 16.8 Å². The quantitative estimate of drug-likeness (QED) is 0.610. The maximum absolute atomic E-state index is 13.6. The average molecular weight is 270 g/mol. The van der Waals surface area contributed by atoms with E-state index in [-0.39, 0.29) is 0 Å². The largest absolute Gasteiger partial charge is 0.313 e. The van der Waals surface area contributed by atoms with Crippen LogP contribution in [0.15, 0.2) is 61.2 Å². The third kappa shape index (κ3) is 2.57. The molecule has 0 heterocycles. The monoisotopic (exact) mass is 270 g/mol. The standard InChI is InChI=1S/C17H19OP/c1-4-13-19(18,16-11-7-5-9-14(16)2)17-12-8-6-10-15(17)3/h4-12H,1,13H2,2-3H3. The molecule has 0 aromatic heterocycles. The minimum absolute atomic E-state index is 0.503. The Hall–Kier alpha value is -1.59. The fourth-order valence-corrected chi connectivity index (χ4v) is 5.40. The molecule has 0 atom stereocenters. The summed E-state index contributed by atoms with van der Waals surface area (Å²) in [6.45, 7) is 7.82. The summed E-state index contributed by atoms with van der Waals surface area (Å²) in [4.78, 5) is 0. The molecule has 0 fully saturated rings. The highest BCUT2D eigenvalue weighted by Gasteiger charge is 2.28. The molecule has 2 rings (SSSR count). The second-order valence-electron chi connectivity index (χ2n) is 4.78. The first-order valence-electron chi connectivity index (χ1n) is 6.42. The van der Waals surface area contributed by atoms with Gasteiger partial charge < -0.3 is 4.57 Å². The zero-order chi connectivity index (χ0) is 13.9. The average Bonchev–Trinajstić information content (AvgIpc) is 2.39. The normalized spacial score (nSPS) is 11.3. The lowest BCUT2D eigenvalue weighted by Gasteiger charge is -2.21. The maximum atomic E-state index is 13.6. The molecule has 2 aromatic rings. The van der Waals surface area contributed by atoms with Gasteiger partial charge in [0.25, 0.3) is 0 Å². The van der Waals surface area contributed by atoms with Crippen molar-refractivity contribution in [2.45, 2.75) is 13.8 Å². The molecule has 0 amide bonds. The van der Waals surface area contributed by atoms with Crippen LogP contribution in [0.4, 0.5) is 0 Å². The van der Waals surface area contributed by atoms with E-state index >= 15 is 0 Å². The van der Waals surface area contributed by atoms with Gasteiger partial charge >= 0.3 is 0 Å². The number of allylic oxidation sites excluding steroid dienone is 1. The van der Waals surface area contributed by atoms with E-state index in [1.807, 2.05) is 62.4 Å². The van der Waals surface area contributed by atoms with Gasteiger partial charge in [-0.15, -0.1) is 6.58 Å². The summed E-state index contributed by atoms with van der Waals surface area (Å²) in [7, 11) is -2.62. The molecule has 2 heteroatoms. The Balaban J connectivity index is 2.69. The lowest BCUT2D eigenvalue weighted by atomic mass is 10.2. The summed E-state index contributed by atoms with van der Waals surface area (Å²) in [5, 5.41) is 1.90. The fraction of sp³-hybridized carbons (Fsp3) is 0.176. The highest BCUT2D eigenvalue weighted by molar-refractivity contribution is 7.79. The number of hydrogen-bond acceptors (Lipinski definition) is 1. The first kappa shape index (κ1) is 13.8. The summed E-state index contributed by atoms with van der Waals surface area (Å²) >= 11 is 0. The lowest BCUT2D eigenvalue weighted by Crippen LogP contribution is -2.22. The Morgan fingerprint density at radius 3 is 1.74 bits per heavy atom. The molecular weight excluding hydrogens is 251 g/mol. The van der Waals surface area contributed by atoms with Crippen molar-refractivity contribution in [1.82, 2.24) is 0 Å². The predicted octanol–water partition coefficient (Wildman–Crippen LogP) is 3.80. The van der Waals surface area contributed by atoms with Crippen molar-refractivity contribution in [3.8, 4) is 0 Å². The van der Waals surface area contributed by atoms with Gasteiger partial charge in [-0.2, -0.15) is 0 Å². The molecule has 0 N–H and O–H groups in total. The molecule has 0 spiro atoms. The lowest BCUT2D eigenvalue weighted by molar-refractivity contribution is 0.588. The fourth-order valence-electron chi connectivity index (χ4n) is 2.45. The molecule has 0 bridgehead atoms. The molecule has 0 aliphatic heterocycles. The smallest absolute Gasteiger partial charge is 0.147 e. The van der Waals surface area contributed by atoms with Gasteiger partial charge in [-0.1, -0.05) is 54.6 Å². The first-order valence-corrected chi connectivity index (χ1v) is 8.31. The van der Waals surface area contributed by atoms with Crippen LogP contribution in [0, 0.1) is 13.8 Å². The van der Waals surface area contributed by atoms with Crippen molar-refractivity contribution in [2.24, 2.45) is 0 Å². The molecule has 0 radical (unpaired) electrons. The molecule has 1 nitrogen and oxygen atoms in total. The third-order valence-corrected chi connectivity index (χ3v) is 6.73. The third-order valence-electron chi connectivity index (χ3n) is 3.40. The van der Waals surface area contributed by atoms with E-state index in [4.69, 9.17) is 0 Å². The second-order valence-corrected chi connectivity index (χ2v) is 7.59. The molecule has 0 aliphatic carbocycles. The van der Waals surface area contributed by atoms with Crippen molar-refractivity contribution in [2.75, 3.05) is 6.16 Å². The zero-order valence-corrected chi connectivity index (χ0v) is 12.4. The number of benzene rings is 2. The van der Waals surface area contributed by atoms with Crippen molar-refractivity contribution in [1.29, 1.82) is 0 Å². The molecule has 0 unspecified atom stereocenters. The van der Waals surface area contributed by atoms with E-state index in [0.717, 1.165) is 21.7 Å². The molecule has 19 heavy (non-hydrogen) atoms. The Morgan fingerprint density at radius 2 is 1.37 bits per heavy atom. The van der Waals surface area contributed by atoms with Gasteiger partial charge in [-0.05, 0) is 25.0 Å². The molecule has 98 valence electrons. The van der Waals surface area contributed by atoms with Crippen LogP contribution in [0.1, 0.15) is 11.1 Å². The number of hydrogen-bond donors (Lipinski definition) is 0. The van der Waals surface area contributed by atoms with Crippen LogP contribution in [-0.4, -0.2) is 6.16 Å². The minimum atomic E-state index is -2.62. The van der Waals surface area contributed by atoms with E-state index in [2.05, 4.69) is 6.58 Å². The number of aryl methyl sites for hydroxylation is 2. The van der Waals surface area contributed by atoms with Crippen LogP contribution in [-0.2, 0) is 4.57 Å². The molecule has 0 saturated heterocycles. The highest BCUT2D eigenvalue weighted by Crippen LogP contribution is 2.45. The van der Waals surface area contributed by atoms with Crippen molar-refractivity contribution >= 4 is 17.8 Å². The predicted molar refractivity (Wildman–Crippen MR) is 84.3 cm³/mol. The van der Waals surface area contributed by atoms with Crippen LogP contribution >= 0.6 is 7.14 Å². The Morgan fingerprint density at radius 1 is 0.947 bits per heavy atom. The van der Waals surface area contributed by atoms with E-state index in [0.29, 0.717) is 6.16 Å². The second kappa shape index (κ2) is 5.59. The number of rotatable bonds is 4. The van der Waals surface area contributed by atoms with E-state index in [9.17, 15) is 4.57 Å². The van der Waals surface area contributed by atoms with Crippen LogP contribution < -0.4 is 10.6 Å². The van der Waals surface area contributed by atoms with Gasteiger partial charge in [-0.3, -0.25) is 0 Å². The first-order chi connectivity index (χ1) is 9.09. The van der Waals surface area contributed by atoms with E-state index in [1.165, 1.54) is 0 Å². The van der Waals surface area contributed by atoms with Crippen LogP contribution in [0.25, 0.3) is 0 Å². The molecule has 0 saturated carbocycles. The summed E-state index contributed by atoms with van der Waals surface area (Å²) in [5.41, 5.74) is 2.16. The molecule has 0 aliphatic rings. The minimum Gasteiger partial charge on any atom is -0.313 e. The molecule has 2 aromatic carbocycles. The van der Waals surface area contributed by atoms with Crippen LogP contribution in [0.5, 0.6) is 0 Å². The maximum Gasteiger partial charge on any atom is 0.147 e. The SMILES string of the molecule is C=CCP(=O)(c1ccccc1C)c1ccccc1C. The Labute approximate surface area is 115 Å². The highest BCUT2D eigenvalue weighted by atomic mass is 31.2. The van der Waals surface area contributed by atoms with Crippen LogP contribution in [0.2, 0.25) is 0 Å². The zero-order valence-electron chi connectivity index (χ0n) is 11.5. The van der Waals surface area contributed by atoms with E-state index in [1.54, 1.807) is 6.08 Å². The van der Waals surface area contributed by atoms with Crippen LogP contribution in [0.3, 0.4) is 0 Å². The van der Waals surface area contributed by atoms with Gasteiger partial charge in [0.15, 0.2) is 0 Å². The summed E-state index contributed by atoms with van der Waals surface area (Å²) in [5.74, 6) is 0. The van der Waals surface area contributed by atoms with Crippen molar-refractivity contribution in [3.05, 3.63) is 72.3 Å². The van der Waals surface area contributed by atoms with Gasteiger partial charge in [0.1, 0.15) is 7.14 Å². The van der Waals surface area contributed by atoms with Crippen molar-refractivity contribution < 1.29 is 4.57 Å². The van der Waals surface area contributed by atoms with Crippen molar-refractivity contribution in [3.63, 3.8) is 0 Å². The topological polar surface area (TPSA) is 17.1 Å². The van der Waals surface area contributed by atoms with Gasteiger partial charge in [-0.25, -0.2) is 0 Å². The molecular formula is C17H19OP. The van der Waals surface area contributed by atoms with Gasteiger partial charge in [0.05, 0.1) is 0 Å². The van der Waals surface area contributed by atoms with E-state index < -0.39 is 7.14 Å².